The zero-order valence-corrected chi connectivity index (χ0v) is 18.4. The standard InChI is InChI=1S/C8H6Br4O2.2C3H4O2/c9-5-3(1-13)6(10)8(12)4(2-14)7(5)11;2*1-2-3(4)5/h13-14H,1-2H2;2*2H,1H2,(H,4,5). The summed E-state index contributed by atoms with van der Waals surface area (Å²) in [5.41, 5.74) is 1.47. The molecular formula is C14H14Br4O6. The van der Waals surface area contributed by atoms with Gasteiger partial charge in [-0.25, -0.2) is 9.59 Å². The highest BCUT2D eigenvalue weighted by Gasteiger charge is 2.17. The van der Waals surface area contributed by atoms with Crippen LogP contribution in [0.2, 0.25) is 0 Å². The Morgan fingerprint density at radius 3 is 1.00 bits per heavy atom. The molecule has 0 unspecified atom stereocenters. The average Bonchev–Trinajstić information content (AvgIpc) is 2.55. The molecule has 134 valence electrons. The van der Waals surface area contributed by atoms with Crippen LogP contribution in [0.3, 0.4) is 0 Å². The zero-order chi connectivity index (χ0) is 19.4. The smallest absolute Gasteiger partial charge is 0.327 e. The van der Waals surface area contributed by atoms with Crippen molar-refractivity contribution in [3.8, 4) is 0 Å². The predicted octanol–water partition coefficient (Wildman–Crippen LogP) is 4.24. The van der Waals surface area contributed by atoms with Crippen LogP contribution in [0.5, 0.6) is 0 Å². The second kappa shape index (κ2) is 13.7. The van der Waals surface area contributed by atoms with E-state index in [1.165, 1.54) is 0 Å². The number of carboxylic acids is 2. The van der Waals surface area contributed by atoms with Crippen molar-refractivity contribution in [1.82, 2.24) is 0 Å². The predicted molar refractivity (Wildman–Crippen MR) is 105 cm³/mol. The molecule has 1 rings (SSSR count). The van der Waals surface area contributed by atoms with E-state index in [9.17, 15) is 9.59 Å². The molecule has 0 amide bonds. The monoisotopic (exact) mass is 594 g/mol. The summed E-state index contributed by atoms with van der Waals surface area (Å²) in [6.07, 6.45) is 1.67. The summed E-state index contributed by atoms with van der Waals surface area (Å²) < 4.78 is 3.00. The Labute approximate surface area is 172 Å². The van der Waals surface area contributed by atoms with E-state index in [1.807, 2.05) is 0 Å². The first-order chi connectivity index (χ1) is 11.1. The molecule has 1 aromatic carbocycles. The normalized spacial score (nSPS) is 8.92. The van der Waals surface area contributed by atoms with Crippen molar-refractivity contribution >= 4 is 75.7 Å². The lowest BCUT2D eigenvalue weighted by molar-refractivity contribution is -0.132. The van der Waals surface area contributed by atoms with Crippen LogP contribution < -0.4 is 0 Å². The number of hydrogen-bond acceptors (Lipinski definition) is 4. The number of aliphatic hydroxyl groups excluding tert-OH is 2. The largest absolute Gasteiger partial charge is 0.478 e. The molecule has 0 bridgehead atoms. The van der Waals surface area contributed by atoms with Gasteiger partial charge in [0.25, 0.3) is 0 Å². The van der Waals surface area contributed by atoms with E-state index in [0.29, 0.717) is 0 Å². The van der Waals surface area contributed by atoms with Crippen molar-refractivity contribution in [2.24, 2.45) is 0 Å². The number of rotatable bonds is 4. The highest BCUT2D eigenvalue weighted by Crippen LogP contribution is 2.41. The lowest BCUT2D eigenvalue weighted by Crippen LogP contribution is -1.96. The van der Waals surface area contributed by atoms with Gasteiger partial charge >= 0.3 is 11.9 Å². The maximum absolute atomic E-state index is 9.25. The van der Waals surface area contributed by atoms with Gasteiger partial charge in [-0.05, 0) is 63.7 Å². The number of benzene rings is 1. The Morgan fingerprint density at radius 1 is 0.750 bits per heavy atom. The minimum Gasteiger partial charge on any atom is -0.478 e. The first kappa shape index (κ1) is 25.7. The molecule has 24 heavy (non-hydrogen) atoms. The first-order valence-electron chi connectivity index (χ1n) is 5.84. The van der Waals surface area contributed by atoms with Gasteiger partial charge in [-0.15, -0.1) is 0 Å². The fourth-order valence-corrected chi connectivity index (χ4v) is 3.78. The van der Waals surface area contributed by atoms with Gasteiger partial charge in [0.1, 0.15) is 0 Å². The van der Waals surface area contributed by atoms with Crippen molar-refractivity contribution in [2.75, 3.05) is 0 Å². The van der Waals surface area contributed by atoms with Gasteiger partial charge in [0.05, 0.1) is 13.2 Å². The number of hydrogen-bond donors (Lipinski definition) is 4. The van der Waals surface area contributed by atoms with Crippen LogP contribution in [0.15, 0.2) is 43.2 Å². The summed E-state index contributed by atoms with van der Waals surface area (Å²) in [6, 6.07) is 0. The van der Waals surface area contributed by atoms with E-state index >= 15 is 0 Å². The van der Waals surface area contributed by atoms with Crippen LogP contribution >= 0.6 is 63.7 Å². The fraction of sp³-hybridized carbons (Fsp3) is 0.143. The molecule has 0 saturated heterocycles. The van der Waals surface area contributed by atoms with Crippen LogP contribution in [0.1, 0.15) is 11.1 Å². The molecule has 0 heterocycles. The molecule has 0 aliphatic heterocycles. The Hall–Kier alpha value is -0.520. The molecule has 0 aliphatic carbocycles. The molecule has 0 spiro atoms. The molecular weight excluding hydrogens is 584 g/mol. The number of carboxylic acid groups (broad SMARTS) is 2. The van der Waals surface area contributed by atoms with Crippen LogP contribution in [-0.4, -0.2) is 32.4 Å². The second-order valence-electron chi connectivity index (χ2n) is 3.61. The van der Waals surface area contributed by atoms with E-state index < -0.39 is 11.9 Å². The number of aliphatic carboxylic acids is 2. The number of halogens is 4. The summed E-state index contributed by atoms with van der Waals surface area (Å²) in [4.78, 5) is 18.5. The van der Waals surface area contributed by atoms with Gasteiger partial charge in [-0.3, -0.25) is 0 Å². The Kier molecular flexibility index (Phi) is 14.7. The zero-order valence-electron chi connectivity index (χ0n) is 12.1. The average molecular weight is 598 g/mol. The van der Waals surface area contributed by atoms with Gasteiger partial charge in [0.2, 0.25) is 0 Å². The number of carbonyl (C=O) groups is 2. The SMILES string of the molecule is C=CC(=O)O.C=CC(=O)O.OCc1c(Br)c(Br)c(CO)c(Br)c1Br. The molecule has 0 atom stereocenters. The maximum Gasteiger partial charge on any atom is 0.327 e. The van der Waals surface area contributed by atoms with E-state index in [1.54, 1.807) is 0 Å². The molecule has 0 fully saturated rings. The third-order valence-electron chi connectivity index (χ3n) is 2.11. The molecule has 0 saturated carbocycles. The van der Waals surface area contributed by atoms with Crippen LogP contribution in [-0.2, 0) is 22.8 Å². The van der Waals surface area contributed by atoms with E-state index in [0.717, 1.165) is 41.2 Å². The van der Waals surface area contributed by atoms with Crippen molar-refractivity contribution in [1.29, 1.82) is 0 Å². The van der Waals surface area contributed by atoms with Gasteiger partial charge in [-0.2, -0.15) is 0 Å². The number of aliphatic hydroxyl groups is 2. The quantitative estimate of drug-likeness (QED) is 0.305. The van der Waals surface area contributed by atoms with Gasteiger partial charge in [0, 0.05) is 41.2 Å². The highest BCUT2D eigenvalue weighted by atomic mass is 79.9. The van der Waals surface area contributed by atoms with Crippen LogP contribution in [0.25, 0.3) is 0 Å². The van der Waals surface area contributed by atoms with E-state index in [4.69, 9.17) is 20.4 Å². The molecule has 0 aliphatic rings. The summed E-state index contributed by atoms with van der Waals surface area (Å²) in [7, 11) is 0. The van der Waals surface area contributed by atoms with Crippen molar-refractivity contribution in [2.45, 2.75) is 13.2 Å². The summed E-state index contributed by atoms with van der Waals surface area (Å²) in [5, 5.41) is 33.5. The van der Waals surface area contributed by atoms with Gasteiger partial charge < -0.3 is 20.4 Å². The molecule has 0 radical (unpaired) electrons. The summed E-state index contributed by atoms with van der Waals surface area (Å²) >= 11 is 13.4. The third kappa shape index (κ3) is 9.09. The van der Waals surface area contributed by atoms with Gasteiger partial charge in [0.15, 0.2) is 0 Å². The maximum atomic E-state index is 9.25. The van der Waals surface area contributed by atoms with E-state index in [2.05, 4.69) is 76.9 Å². The fourth-order valence-electron chi connectivity index (χ4n) is 1.00. The molecule has 0 aromatic heterocycles. The molecule has 6 nitrogen and oxygen atoms in total. The Balaban J connectivity index is 0. The van der Waals surface area contributed by atoms with E-state index in [-0.39, 0.29) is 13.2 Å². The molecule has 4 N–H and O–H groups in total. The summed E-state index contributed by atoms with van der Waals surface area (Å²) in [5.74, 6) is -1.96. The lowest BCUT2D eigenvalue weighted by Gasteiger charge is -2.13. The van der Waals surface area contributed by atoms with Crippen molar-refractivity contribution in [3.63, 3.8) is 0 Å². The minimum absolute atomic E-state index is 0.0793. The Bertz CT molecular complexity index is 534. The molecule has 1 aromatic rings. The topological polar surface area (TPSA) is 115 Å². The van der Waals surface area contributed by atoms with Crippen LogP contribution in [0, 0.1) is 0 Å². The first-order valence-corrected chi connectivity index (χ1v) is 9.02. The Morgan fingerprint density at radius 2 is 0.917 bits per heavy atom. The van der Waals surface area contributed by atoms with Gasteiger partial charge in [-0.1, -0.05) is 13.2 Å². The van der Waals surface area contributed by atoms with Crippen molar-refractivity contribution < 1.29 is 30.0 Å². The minimum atomic E-state index is -0.981. The molecule has 10 heteroatoms. The van der Waals surface area contributed by atoms with Crippen molar-refractivity contribution in [3.05, 3.63) is 54.3 Å². The summed E-state index contributed by atoms with van der Waals surface area (Å²) in [6.45, 7) is 5.76. The highest BCUT2D eigenvalue weighted by molar-refractivity contribution is 9.14. The van der Waals surface area contributed by atoms with Crippen LogP contribution in [0.4, 0.5) is 0 Å². The second-order valence-corrected chi connectivity index (χ2v) is 6.79. The lowest BCUT2D eigenvalue weighted by atomic mass is 10.1. The third-order valence-corrected chi connectivity index (χ3v) is 6.68.